The molecule has 0 bridgehead atoms. The minimum Gasteiger partial charge on any atom is -0.477 e. The first-order chi connectivity index (χ1) is 22.8. The molecule has 0 aliphatic carbocycles. The molecule has 2 amide bonds. The number of amides is 2. The second-order valence-corrected chi connectivity index (χ2v) is 12.8. The zero-order valence-electron chi connectivity index (χ0n) is 25.4. The molecule has 2 aromatic carbocycles. The van der Waals surface area contributed by atoms with Crippen LogP contribution in [-0.4, -0.2) is 64.5 Å². The third-order valence-electron chi connectivity index (χ3n) is 8.73. The number of hydrogen-bond acceptors (Lipinski definition) is 11. The van der Waals surface area contributed by atoms with Gasteiger partial charge < -0.3 is 25.2 Å². The van der Waals surface area contributed by atoms with Gasteiger partial charge in [-0.2, -0.15) is 0 Å². The number of carbonyl (C=O) groups excluding carboxylic acids is 2. The van der Waals surface area contributed by atoms with Crippen LogP contribution in [-0.2, 0) is 33.9 Å². The van der Waals surface area contributed by atoms with Gasteiger partial charge in [0.2, 0.25) is 5.91 Å². The Labute approximate surface area is 275 Å². The van der Waals surface area contributed by atoms with Gasteiger partial charge in [-0.15, -0.1) is 11.3 Å². The van der Waals surface area contributed by atoms with Crippen LogP contribution in [0.25, 0.3) is 10.4 Å². The number of β-lactam (4-membered cyclic amide) rings is 1. The second-order valence-electron chi connectivity index (χ2n) is 11.8. The Hall–Kier alpha value is -5.68. The number of aliphatic carboxylic acids is 1. The fourth-order valence-corrected chi connectivity index (χ4v) is 7.82. The number of carboxylic acid groups (broad SMARTS) is 1. The van der Waals surface area contributed by atoms with Crippen molar-refractivity contribution in [3.8, 4) is 0 Å². The predicted octanol–water partition coefficient (Wildman–Crippen LogP) is 3.90. The molecule has 248 valence electrons. The molecule has 0 saturated carbocycles. The monoisotopic (exact) mass is 676 g/mol. The number of aliphatic hydroxyl groups excluding tert-OH is 1. The smallest absolute Gasteiger partial charge is 0.407 e. The zero-order valence-corrected chi connectivity index (χ0v) is 26.2. The van der Waals surface area contributed by atoms with Gasteiger partial charge in [0.05, 0.1) is 45.0 Å². The van der Waals surface area contributed by atoms with Crippen molar-refractivity contribution in [1.82, 2.24) is 19.6 Å². The highest BCUT2D eigenvalue weighted by Crippen LogP contribution is 2.59. The zero-order chi connectivity index (χ0) is 34.5. The number of benzene rings is 2. The van der Waals surface area contributed by atoms with E-state index in [1.165, 1.54) is 65.9 Å². The van der Waals surface area contributed by atoms with Gasteiger partial charge in [-0.1, -0.05) is 19.1 Å². The van der Waals surface area contributed by atoms with Crippen LogP contribution < -0.4 is 5.32 Å². The molecule has 1 fully saturated rings. The van der Waals surface area contributed by atoms with Gasteiger partial charge in [-0.05, 0) is 36.6 Å². The number of aliphatic hydroxyl groups is 1. The molecular weight excluding hydrogens is 648 g/mol. The van der Waals surface area contributed by atoms with Crippen LogP contribution >= 0.6 is 11.3 Å². The van der Waals surface area contributed by atoms with Gasteiger partial charge in [-0.25, -0.2) is 14.6 Å². The van der Waals surface area contributed by atoms with Gasteiger partial charge in [0, 0.05) is 41.5 Å². The van der Waals surface area contributed by atoms with Gasteiger partial charge in [-0.3, -0.25) is 29.4 Å². The molecule has 4 heterocycles. The van der Waals surface area contributed by atoms with Crippen molar-refractivity contribution in [2.75, 3.05) is 0 Å². The molecule has 4 aromatic rings. The van der Waals surface area contributed by atoms with Crippen LogP contribution in [0.3, 0.4) is 0 Å². The van der Waals surface area contributed by atoms with E-state index >= 15 is 0 Å². The number of nitrogens with one attached hydrogen (secondary N) is 1. The standard InChI is InChI=1S/C31H28N6O10S/c1-16(38)23-26-31(2,11-17-3-7-19(8-4-17)36(43)44)24(25(29(40)41)35(26)27(23)39)22-13-34-15-33-21(28(34)48-22)12-32-30(42)47-14-18-5-9-20(10-6-18)37(45)46/h3-10,13,15-16,23,26,38H,11-12,14H2,1-2H3,(H,32,42)(H,40,41)/t16-,23-,26-,31+/m1/s1. The number of aromatic nitrogens is 2. The van der Waals surface area contributed by atoms with E-state index in [2.05, 4.69) is 10.3 Å². The molecule has 2 aliphatic rings. The average molecular weight is 677 g/mol. The Kier molecular flexibility index (Phi) is 8.18. The Morgan fingerprint density at radius 2 is 1.69 bits per heavy atom. The molecule has 3 N–H and O–H groups in total. The number of imidazole rings is 1. The summed E-state index contributed by atoms with van der Waals surface area (Å²) in [6.07, 6.45) is 1.63. The number of carboxylic acids is 1. The minimum absolute atomic E-state index is 0.0300. The number of rotatable bonds is 11. The normalized spacial score (nSPS) is 20.7. The van der Waals surface area contributed by atoms with Gasteiger partial charge >= 0.3 is 12.1 Å². The third-order valence-corrected chi connectivity index (χ3v) is 9.90. The van der Waals surface area contributed by atoms with Crippen molar-refractivity contribution in [3.05, 3.63) is 109 Å². The predicted molar refractivity (Wildman–Crippen MR) is 168 cm³/mol. The summed E-state index contributed by atoms with van der Waals surface area (Å²) in [5.74, 6) is -2.67. The van der Waals surface area contributed by atoms with E-state index in [1.807, 2.05) is 6.92 Å². The SMILES string of the molecule is C[C@@H](O)[C@H]1C(=O)N2C(C(=O)O)=C(c3cn4cnc(CNC(=O)OCc5ccc([N+](=O)[O-])cc5)c4s3)[C@](C)(Cc3ccc([N+](=O)[O-])cc3)[C@@H]12. The molecular formula is C31H28N6O10S. The molecule has 17 heteroatoms. The van der Waals surface area contributed by atoms with Gasteiger partial charge in [0.1, 0.15) is 23.5 Å². The van der Waals surface area contributed by atoms with Crippen molar-refractivity contribution < 1.29 is 39.2 Å². The summed E-state index contributed by atoms with van der Waals surface area (Å²) >= 11 is 1.22. The lowest BCUT2D eigenvalue weighted by molar-refractivity contribution is -0.385. The number of alkyl carbamates (subject to hydrolysis) is 1. The number of hydrogen-bond donors (Lipinski definition) is 3. The van der Waals surface area contributed by atoms with Crippen LogP contribution in [0, 0.1) is 31.6 Å². The molecule has 0 spiro atoms. The van der Waals surface area contributed by atoms with Crippen LogP contribution in [0.1, 0.15) is 35.5 Å². The minimum atomic E-state index is -1.31. The van der Waals surface area contributed by atoms with Crippen LogP contribution in [0.4, 0.5) is 16.2 Å². The van der Waals surface area contributed by atoms with Crippen molar-refractivity contribution in [2.45, 2.75) is 45.6 Å². The summed E-state index contributed by atoms with van der Waals surface area (Å²) in [5.41, 5.74) is 0.678. The van der Waals surface area contributed by atoms with Crippen molar-refractivity contribution in [1.29, 1.82) is 0 Å². The van der Waals surface area contributed by atoms with E-state index in [0.29, 0.717) is 32.1 Å². The lowest BCUT2D eigenvalue weighted by atomic mass is 9.64. The Balaban J connectivity index is 1.28. The summed E-state index contributed by atoms with van der Waals surface area (Å²) in [4.78, 5) is 66.2. The number of ether oxygens (including phenoxy) is 1. The van der Waals surface area contributed by atoms with Crippen LogP contribution in [0.2, 0.25) is 0 Å². The number of nitrogens with zero attached hydrogens (tertiary/aromatic N) is 5. The molecule has 0 unspecified atom stereocenters. The molecule has 2 aliphatic heterocycles. The summed E-state index contributed by atoms with van der Waals surface area (Å²) in [6.45, 7) is 3.17. The first kappa shape index (κ1) is 32.3. The van der Waals surface area contributed by atoms with Crippen molar-refractivity contribution in [2.24, 2.45) is 11.3 Å². The molecule has 6 rings (SSSR count). The third kappa shape index (κ3) is 5.51. The van der Waals surface area contributed by atoms with Crippen LogP contribution in [0.5, 0.6) is 0 Å². The average Bonchev–Trinajstić information content (AvgIpc) is 3.68. The lowest BCUT2D eigenvalue weighted by Crippen LogP contribution is -2.66. The van der Waals surface area contributed by atoms with Crippen LogP contribution in [0.15, 0.2) is 66.8 Å². The maximum absolute atomic E-state index is 13.2. The Bertz CT molecular complexity index is 2000. The maximum atomic E-state index is 13.2. The fraction of sp³-hybridized carbons (Fsp3) is 0.290. The lowest BCUT2D eigenvalue weighted by Gasteiger charge is -2.51. The summed E-state index contributed by atoms with van der Waals surface area (Å²) < 4.78 is 6.90. The van der Waals surface area contributed by atoms with E-state index in [-0.39, 0.29) is 36.6 Å². The van der Waals surface area contributed by atoms with E-state index < -0.39 is 51.3 Å². The number of nitro benzene ring substituents is 2. The van der Waals surface area contributed by atoms with Gasteiger partial charge in [0.25, 0.3) is 11.4 Å². The summed E-state index contributed by atoms with van der Waals surface area (Å²) in [7, 11) is 0. The molecule has 16 nitrogen and oxygen atoms in total. The summed E-state index contributed by atoms with van der Waals surface area (Å²) in [5, 5.41) is 45.7. The quantitative estimate of drug-likeness (QED) is 0.117. The first-order valence-corrected chi connectivity index (χ1v) is 15.4. The maximum Gasteiger partial charge on any atom is 0.407 e. The Morgan fingerprint density at radius 3 is 2.25 bits per heavy atom. The van der Waals surface area contributed by atoms with E-state index in [1.54, 1.807) is 22.7 Å². The number of non-ortho nitro benzene ring substituents is 2. The fourth-order valence-electron chi connectivity index (χ4n) is 6.57. The molecule has 0 radical (unpaired) electrons. The highest BCUT2D eigenvalue weighted by molar-refractivity contribution is 7.18. The molecule has 4 atom stereocenters. The Morgan fingerprint density at radius 1 is 1.08 bits per heavy atom. The molecule has 48 heavy (non-hydrogen) atoms. The van der Waals surface area contributed by atoms with Crippen molar-refractivity contribution >= 4 is 51.1 Å². The van der Waals surface area contributed by atoms with E-state index in [9.17, 15) is 44.8 Å². The second kappa shape index (κ2) is 12.2. The van der Waals surface area contributed by atoms with E-state index in [4.69, 9.17) is 4.74 Å². The van der Waals surface area contributed by atoms with E-state index in [0.717, 1.165) is 0 Å². The topological polar surface area (TPSA) is 220 Å². The highest BCUT2D eigenvalue weighted by atomic mass is 32.1. The summed E-state index contributed by atoms with van der Waals surface area (Å²) in [6, 6.07) is 10.8. The number of nitro groups is 2. The molecule has 1 saturated heterocycles. The van der Waals surface area contributed by atoms with Gasteiger partial charge in [0.15, 0.2) is 0 Å². The highest BCUT2D eigenvalue weighted by Gasteiger charge is 2.66. The number of thiazole rings is 1. The number of fused-ring (bicyclic) bond motifs is 2. The largest absolute Gasteiger partial charge is 0.477 e. The molecule has 2 aromatic heterocycles. The number of carbonyl (C=O) groups is 3. The van der Waals surface area contributed by atoms with Crippen molar-refractivity contribution in [3.63, 3.8) is 0 Å². The first-order valence-electron chi connectivity index (χ1n) is 14.6.